The fraction of sp³-hybridized carbons (Fsp3) is 0.750. The molecule has 2 unspecified atom stereocenters. The van der Waals surface area contributed by atoms with Crippen molar-refractivity contribution < 1.29 is 29.6 Å². The fourth-order valence-corrected chi connectivity index (χ4v) is 1.44. The summed E-state index contributed by atoms with van der Waals surface area (Å²) in [6.07, 6.45) is -1.87. The van der Waals surface area contributed by atoms with Crippen LogP contribution in [0.15, 0.2) is 12.7 Å². The van der Waals surface area contributed by atoms with Crippen LogP contribution in [0.2, 0.25) is 0 Å². The summed E-state index contributed by atoms with van der Waals surface area (Å²) in [5.74, 6) is -0.399. The second-order valence-electron chi connectivity index (χ2n) is 4.04. The van der Waals surface area contributed by atoms with Gasteiger partial charge >= 0.3 is 0 Å². The summed E-state index contributed by atoms with van der Waals surface area (Å²) in [5.41, 5.74) is 0. The SMILES string of the molecule is C=CCO[C@@H](OCCO)C(NC(C)=O)C(O)[C@@H](C)O. The predicted octanol–water partition coefficient (Wildman–Crippen LogP) is -1.23. The van der Waals surface area contributed by atoms with E-state index in [-0.39, 0.29) is 19.8 Å². The van der Waals surface area contributed by atoms with Gasteiger partial charge in [0.1, 0.15) is 12.1 Å². The minimum atomic E-state index is -1.27. The second kappa shape index (κ2) is 9.88. The Bertz CT molecular complexity index is 271. The number of aliphatic hydroxyl groups is 3. The maximum Gasteiger partial charge on any atom is 0.217 e. The molecule has 0 saturated heterocycles. The van der Waals surface area contributed by atoms with Gasteiger partial charge in [-0.15, -0.1) is 6.58 Å². The maximum absolute atomic E-state index is 11.1. The van der Waals surface area contributed by atoms with Gasteiger partial charge in [-0.25, -0.2) is 0 Å². The van der Waals surface area contributed by atoms with E-state index in [1.54, 1.807) is 0 Å². The number of aliphatic hydroxyl groups excluding tert-OH is 3. The lowest BCUT2D eigenvalue weighted by molar-refractivity contribution is -0.183. The Morgan fingerprint density at radius 1 is 1.42 bits per heavy atom. The standard InChI is InChI=1S/C12H23NO6/c1-4-6-18-12(19-7-5-14)10(13-9(3)16)11(17)8(2)15/h4,8,10-12,14-15,17H,1,5-7H2,2-3H3,(H,13,16)/t8-,10?,11?,12+/m1/s1. The highest BCUT2D eigenvalue weighted by Crippen LogP contribution is 2.10. The molecule has 1 amide bonds. The Kier molecular flexibility index (Phi) is 9.36. The molecule has 7 nitrogen and oxygen atoms in total. The van der Waals surface area contributed by atoms with Gasteiger partial charge in [0.2, 0.25) is 5.91 Å². The first-order chi connectivity index (χ1) is 8.93. The lowest BCUT2D eigenvalue weighted by atomic mass is 10.1. The number of hydrogen-bond acceptors (Lipinski definition) is 6. The Balaban J connectivity index is 4.85. The summed E-state index contributed by atoms with van der Waals surface area (Å²) < 4.78 is 10.5. The maximum atomic E-state index is 11.1. The molecule has 0 bridgehead atoms. The van der Waals surface area contributed by atoms with Crippen LogP contribution in [0.3, 0.4) is 0 Å². The molecule has 0 aromatic rings. The third kappa shape index (κ3) is 7.24. The van der Waals surface area contributed by atoms with Crippen molar-refractivity contribution in [3.8, 4) is 0 Å². The Labute approximate surface area is 112 Å². The van der Waals surface area contributed by atoms with Crippen molar-refractivity contribution in [3.05, 3.63) is 12.7 Å². The highest BCUT2D eigenvalue weighted by Gasteiger charge is 2.33. The third-order valence-corrected chi connectivity index (χ3v) is 2.28. The zero-order chi connectivity index (χ0) is 14.8. The van der Waals surface area contributed by atoms with E-state index in [1.807, 2.05) is 0 Å². The molecule has 19 heavy (non-hydrogen) atoms. The molecular weight excluding hydrogens is 254 g/mol. The first-order valence-corrected chi connectivity index (χ1v) is 6.02. The van der Waals surface area contributed by atoms with Crippen molar-refractivity contribution in [2.24, 2.45) is 0 Å². The highest BCUT2D eigenvalue weighted by atomic mass is 16.7. The van der Waals surface area contributed by atoms with Crippen molar-refractivity contribution in [2.45, 2.75) is 38.4 Å². The van der Waals surface area contributed by atoms with E-state index in [2.05, 4.69) is 11.9 Å². The molecule has 0 aliphatic rings. The van der Waals surface area contributed by atoms with Gasteiger partial charge < -0.3 is 30.1 Å². The molecular formula is C12H23NO6. The smallest absolute Gasteiger partial charge is 0.217 e. The molecule has 0 rings (SSSR count). The number of amides is 1. The van der Waals surface area contributed by atoms with Crippen LogP contribution in [0.1, 0.15) is 13.8 Å². The molecule has 112 valence electrons. The molecule has 0 aliphatic heterocycles. The first-order valence-electron chi connectivity index (χ1n) is 6.02. The van der Waals surface area contributed by atoms with Gasteiger partial charge in [-0.05, 0) is 6.92 Å². The van der Waals surface area contributed by atoms with Gasteiger partial charge in [0.25, 0.3) is 0 Å². The van der Waals surface area contributed by atoms with Gasteiger partial charge in [0, 0.05) is 6.92 Å². The quantitative estimate of drug-likeness (QED) is 0.294. The summed E-state index contributed by atoms with van der Waals surface area (Å²) in [5, 5.41) is 30.5. The van der Waals surface area contributed by atoms with Gasteiger partial charge in [-0.1, -0.05) is 6.08 Å². The van der Waals surface area contributed by atoms with E-state index in [4.69, 9.17) is 14.6 Å². The molecule has 0 radical (unpaired) electrons. The molecule has 4 N–H and O–H groups in total. The molecule has 0 spiro atoms. The summed E-state index contributed by atoms with van der Waals surface area (Å²) in [6.45, 7) is 6.03. The largest absolute Gasteiger partial charge is 0.394 e. The van der Waals surface area contributed by atoms with Crippen molar-refractivity contribution in [1.82, 2.24) is 5.32 Å². The minimum Gasteiger partial charge on any atom is -0.394 e. The average Bonchev–Trinajstić information content (AvgIpc) is 2.35. The normalized spacial score (nSPS) is 17.3. The predicted molar refractivity (Wildman–Crippen MR) is 68.3 cm³/mol. The van der Waals surface area contributed by atoms with E-state index < -0.39 is 30.4 Å². The Morgan fingerprint density at radius 3 is 2.47 bits per heavy atom. The number of carbonyl (C=O) groups excluding carboxylic acids is 1. The summed E-state index contributed by atoms with van der Waals surface area (Å²) in [4.78, 5) is 11.1. The van der Waals surface area contributed by atoms with E-state index >= 15 is 0 Å². The molecule has 0 fully saturated rings. The molecule has 0 aromatic carbocycles. The van der Waals surface area contributed by atoms with Crippen molar-refractivity contribution >= 4 is 5.91 Å². The highest BCUT2D eigenvalue weighted by molar-refractivity contribution is 5.73. The molecule has 7 heteroatoms. The minimum absolute atomic E-state index is 0.0234. The number of ether oxygens (including phenoxy) is 2. The zero-order valence-corrected chi connectivity index (χ0v) is 11.3. The topological polar surface area (TPSA) is 108 Å². The van der Waals surface area contributed by atoms with E-state index in [0.29, 0.717) is 0 Å². The number of carbonyl (C=O) groups is 1. The molecule has 0 aromatic heterocycles. The van der Waals surface area contributed by atoms with Gasteiger partial charge in [0.15, 0.2) is 6.29 Å². The van der Waals surface area contributed by atoms with Gasteiger partial charge in [-0.2, -0.15) is 0 Å². The van der Waals surface area contributed by atoms with Crippen molar-refractivity contribution in [1.29, 1.82) is 0 Å². The van der Waals surface area contributed by atoms with Crippen molar-refractivity contribution in [3.63, 3.8) is 0 Å². The average molecular weight is 277 g/mol. The molecule has 0 saturated carbocycles. The van der Waals surface area contributed by atoms with Crippen LogP contribution in [-0.4, -0.2) is 65.6 Å². The van der Waals surface area contributed by atoms with E-state index in [9.17, 15) is 15.0 Å². The van der Waals surface area contributed by atoms with Crippen LogP contribution >= 0.6 is 0 Å². The Hall–Kier alpha value is -0.990. The number of nitrogens with one attached hydrogen (secondary N) is 1. The monoisotopic (exact) mass is 277 g/mol. The van der Waals surface area contributed by atoms with E-state index in [0.717, 1.165) is 0 Å². The second-order valence-corrected chi connectivity index (χ2v) is 4.04. The van der Waals surface area contributed by atoms with Gasteiger partial charge in [-0.3, -0.25) is 4.79 Å². The lowest BCUT2D eigenvalue weighted by Gasteiger charge is -2.32. The van der Waals surface area contributed by atoms with Crippen LogP contribution in [-0.2, 0) is 14.3 Å². The van der Waals surface area contributed by atoms with Gasteiger partial charge in [0.05, 0.1) is 25.9 Å². The first kappa shape index (κ1) is 18.0. The molecule has 4 atom stereocenters. The summed E-state index contributed by atoms with van der Waals surface area (Å²) in [7, 11) is 0. The van der Waals surface area contributed by atoms with Crippen LogP contribution in [0.5, 0.6) is 0 Å². The van der Waals surface area contributed by atoms with Crippen LogP contribution in [0.25, 0.3) is 0 Å². The van der Waals surface area contributed by atoms with E-state index in [1.165, 1.54) is 19.9 Å². The molecule has 0 heterocycles. The molecule has 0 aliphatic carbocycles. The fourth-order valence-electron chi connectivity index (χ4n) is 1.44. The summed E-state index contributed by atoms with van der Waals surface area (Å²) >= 11 is 0. The van der Waals surface area contributed by atoms with Crippen molar-refractivity contribution in [2.75, 3.05) is 19.8 Å². The Morgan fingerprint density at radius 2 is 2.05 bits per heavy atom. The zero-order valence-electron chi connectivity index (χ0n) is 11.3. The lowest BCUT2D eigenvalue weighted by Crippen LogP contribution is -2.55. The number of rotatable bonds is 10. The number of hydrogen-bond donors (Lipinski definition) is 4. The van der Waals surface area contributed by atoms with Crippen LogP contribution in [0, 0.1) is 0 Å². The third-order valence-electron chi connectivity index (χ3n) is 2.28. The van der Waals surface area contributed by atoms with Crippen LogP contribution < -0.4 is 5.32 Å². The van der Waals surface area contributed by atoms with Crippen LogP contribution in [0.4, 0.5) is 0 Å². The summed E-state index contributed by atoms with van der Waals surface area (Å²) in [6, 6.07) is -0.955.